The summed E-state index contributed by atoms with van der Waals surface area (Å²) >= 11 is 1.42. The monoisotopic (exact) mass is 227 g/mol. The van der Waals surface area contributed by atoms with Crippen LogP contribution in [0.1, 0.15) is 24.8 Å². The molecule has 1 aromatic rings. The Morgan fingerprint density at radius 2 is 2.47 bits per heavy atom. The molecule has 1 saturated heterocycles. The van der Waals surface area contributed by atoms with Crippen molar-refractivity contribution in [2.24, 2.45) is 0 Å². The number of nitrogens with one attached hydrogen (secondary N) is 1. The van der Waals surface area contributed by atoms with Gasteiger partial charge in [0.1, 0.15) is 10.8 Å². The molecule has 0 spiro atoms. The number of nitrogens with two attached hydrogens (primary N) is 1. The van der Waals surface area contributed by atoms with Crippen LogP contribution in [0, 0.1) is 6.92 Å². The van der Waals surface area contributed by atoms with Crippen LogP contribution in [-0.2, 0) is 4.74 Å². The molecule has 1 atom stereocenters. The van der Waals surface area contributed by atoms with Crippen molar-refractivity contribution in [1.29, 1.82) is 0 Å². The first-order valence-electron chi connectivity index (χ1n) is 5.34. The van der Waals surface area contributed by atoms with Gasteiger partial charge >= 0.3 is 0 Å². The van der Waals surface area contributed by atoms with Crippen LogP contribution in [0.4, 0.5) is 10.8 Å². The first-order chi connectivity index (χ1) is 7.27. The Hall–Kier alpha value is -0.810. The Morgan fingerprint density at radius 3 is 3.07 bits per heavy atom. The molecule has 2 rings (SSSR count). The summed E-state index contributed by atoms with van der Waals surface area (Å²) in [6, 6.07) is 0. The molecule has 84 valence electrons. The number of ether oxygens (including phenoxy) is 1. The highest BCUT2D eigenvalue weighted by Crippen LogP contribution is 2.25. The molecule has 4 nitrogen and oxygen atoms in total. The maximum absolute atomic E-state index is 5.68. The molecule has 0 bridgehead atoms. The average molecular weight is 227 g/mol. The van der Waals surface area contributed by atoms with Gasteiger partial charge in [-0.15, -0.1) is 0 Å². The van der Waals surface area contributed by atoms with Gasteiger partial charge in [-0.05, 0) is 37.7 Å². The SMILES string of the molecule is Cc1c(N)nsc1NCC1CCCCO1. The van der Waals surface area contributed by atoms with Crippen molar-refractivity contribution in [2.75, 3.05) is 24.2 Å². The fraction of sp³-hybridized carbons (Fsp3) is 0.700. The fourth-order valence-electron chi connectivity index (χ4n) is 1.69. The molecule has 3 N–H and O–H groups in total. The minimum absolute atomic E-state index is 0.349. The summed E-state index contributed by atoms with van der Waals surface area (Å²) in [5, 5.41) is 4.43. The lowest BCUT2D eigenvalue weighted by molar-refractivity contribution is 0.0248. The van der Waals surface area contributed by atoms with E-state index >= 15 is 0 Å². The van der Waals surface area contributed by atoms with Crippen molar-refractivity contribution in [2.45, 2.75) is 32.3 Å². The Kier molecular flexibility index (Phi) is 3.43. The predicted molar refractivity (Wildman–Crippen MR) is 63.3 cm³/mol. The molecule has 0 saturated carbocycles. The van der Waals surface area contributed by atoms with Gasteiger partial charge in [-0.2, -0.15) is 4.37 Å². The molecule has 1 fully saturated rings. The standard InChI is InChI=1S/C10H17N3OS/c1-7-9(11)13-15-10(7)12-6-8-4-2-3-5-14-8/h8,12H,2-6H2,1H3,(H2,11,13). The number of rotatable bonds is 3. The van der Waals surface area contributed by atoms with Crippen molar-refractivity contribution in [1.82, 2.24) is 4.37 Å². The third kappa shape index (κ3) is 2.60. The molecule has 0 radical (unpaired) electrons. The fourth-order valence-corrected chi connectivity index (χ4v) is 2.40. The molecule has 0 aromatic carbocycles. The van der Waals surface area contributed by atoms with Crippen LogP contribution in [0.3, 0.4) is 0 Å². The van der Waals surface area contributed by atoms with E-state index in [1.54, 1.807) is 0 Å². The van der Waals surface area contributed by atoms with Gasteiger partial charge in [-0.3, -0.25) is 0 Å². The Labute approximate surface area is 94.0 Å². The van der Waals surface area contributed by atoms with Crippen molar-refractivity contribution in [3.05, 3.63) is 5.56 Å². The number of hydrogen-bond donors (Lipinski definition) is 2. The van der Waals surface area contributed by atoms with Crippen LogP contribution in [0.5, 0.6) is 0 Å². The van der Waals surface area contributed by atoms with Crippen molar-refractivity contribution in [3.8, 4) is 0 Å². The number of aromatic nitrogens is 1. The summed E-state index contributed by atoms with van der Waals surface area (Å²) in [6.45, 7) is 3.75. The Bertz CT molecular complexity index is 320. The summed E-state index contributed by atoms with van der Waals surface area (Å²) in [5.41, 5.74) is 6.73. The number of nitrogen functional groups attached to an aromatic ring is 1. The van der Waals surface area contributed by atoms with Crippen LogP contribution in [0.25, 0.3) is 0 Å². The van der Waals surface area contributed by atoms with Gasteiger partial charge in [-0.25, -0.2) is 0 Å². The van der Waals surface area contributed by atoms with Crippen LogP contribution in [0.2, 0.25) is 0 Å². The lowest BCUT2D eigenvalue weighted by Crippen LogP contribution is -2.26. The van der Waals surface area contributed by atoms with Crippen LogP contribution in [-0.4, -0.2) is 23.6 Å². The second-order valence-electron chi connectivity index (χ2n) is 3.89. The van der Waals surface area contributed by atoms with E-state index in [1.807, 2.05) is 6.92 Å². The van der Waals surface area contributed by atoms with Gasteiger partial charge in [0, 0.05) is 18.7 Å². The molecule has 0 amide bonds. The normalized spacial score (nSPS) is 21.5. The maximum Gasteiger partial charge on any atom is 0.142 e. The molecule has 1 aliphatic heterocycles. The average Bonchev–Trinajstić information content (AvgIpc) is 2.59. The van der Waals surface area contributed by atoms with E-state index in [0.717, 1.165) is 30.1 Å². The maximum atomic E-state index is 5.68. The molecule has 1 aliphatic rings. The zero-order valence-electron chi connectivity index (χ0n) is 8.95. The van der Waals surface area contributed by atoms with Crippen LogP contribution >= 0.6 is 11.5 Å². The van der Waals surface area contributed by atoms with Crippen LogP contribution < -0.4 is 11.1 Å². The predicted octanol–water partition coefficient (Wildman–Crippen LogP) is 2.01. The molecule has 5 heteroatoms. The molecule has 2 heterocycles. The van der Waals surface area contributed by atoms with E-state index in [4.69, 9.17) is 10.5 Å². The molecule has 1 unspecified atom stereocenters. The lowest BCUT2D eigenvalue weighted by atomic mass is 10.1. The van der Waals surface area contributed by atoms with Gasteiger partial charge in [0.25, 0.3) is 0 Å². The van der Waals surface area contributed by atoms with Crippen molar-refractivity contribution >= 4 is 22.4 Å². The zero-order chi connectivity index (χ0) is 10.7. The molecule has 1 aromatic heterocycles. The second-order valence-corrected chi connectivity index (χ2v) is 4.66. The van der Waals surface area contributed by atoms with Gasteiger partial charge in [-0.1, -0.05) is 0 Å². The highest BCUT2D eigenvalue weighted by molar-refractivity contribution is 7.10. The summed E-state index contributed by atoms with van der Waals surface area (Å²) in [4.78, 5) is 0. The van der Waals surface area contributed by atoms with E-state index in [-0.39, 0.29) is 0 Å². The van der Waals surface area contributed by atoms with Gasteiger partial charge in [0.2, 0.25) is 0 Å². The highest BCUT2D eigenvalue weighted by Gasteiger charge is 2.14. The lowest BCUT2D eigenvalue weighted by Gasteiger charge is -2.22. The Morgan fingerprint density at radius 1 is 1.60 bits per heavy atom. The van der Waals surface area contributed by atoms with E-state index in [9.17, 15) is 0 Å². The number of nitrogens with zero attached hydrogens (tertiary/aromatic N) is 1. The molecular formula is C10H17N3OS. The summed E-state index contributed by atoms with van der Waals surface area (Å²) in [6.07, 6.45) is 3.97. The summed E-state index contributed by atoms with van der Waals surface area (Å²) in [7, 11) is 0. The second kappa shape index (κ2) is 4.81. The van der Waals surface area contributed by atoms with Crippen LogP contribution in [0.15, 0.2) is 0 Å². The summed E-state index contributed by atoms with van der Waals surface area (Å²) in [5.74, 6) is 0.632. The third-order valence-electron chi connectivity index (χ3n) is 2.72. The number of hydrogen-bond acceptors (Lipinski definition) is 5. The first-order valence-corrected chi connectivity index (χ1v) is 6.12. The van der Waals surface area contributed by atoms with Crippen molar-refractivity contribution in [3.63, 3.8) is 0 Å². The largest absolute Gasteiger partial charge is 0.383 e. The molecule has 0 aliphatic carbocycles. The zero-order valence-corrected chi connectivity index (χ0v) is 9.77. The van der Waals surface area contributed by atoms with E-state index < -0.39 is 0 Å². The van der Waals surface area contributed by atoms with Gasteiger partial charge in [0.15, 0.2) is 0 Å². The van der Waals surface area contributed by atoms with Gasteiger partial charge in [0.05, 0.1) is 6.10 Å². The quantitative estimate of drug-likeness (QED) is 0.829. The highest BCUT2D eigenvalue weighted by atomic mass is 32.1. The summed E-state index contributed by atoms with van der Waals surface area (Å²) < 4.78 is 9.73. The van der Waals surface area contributed by atoms with Crippen molar-refractivity contribution < 1.29 is 4.74 Å². The Balaban J connectivity index is 1.84. The minimum Gasteiger partial charge on any atom is -0.383 e. The van der Waals surface area contributed by atoms with Gasteiger partial charge < -0.3 is 15.8 Å². The van der Waals surface area contributed by atoms with E-state index in [1.165, 1.54) is 24.4 Å². The van der Waals surface area contributed by atoms with E-state index in [0.29, 0.717) is 11.9 Å². The topological polar surface area (TPSA) is 60.2 Å². The third-order valence-corrected chi connectivity index (χ3v) is 3.65. The number of anilines is 2. The molecule has 15 heavy (non-hydrogen) atoms. The smallest absolute Gasteiger partial charge is 0.142 e. The molecular weight excluding hydrogens is 210 g/mol. The minimum atomic E-state index is 0.349. The first kappa shape index (κ1) is 10.7. The van der Waals surface area contributed by atoms with E-state index in [2.05, 4.69) is 9.69 Å².